The molecular formula is C11H26N2S. The van der Waals surface area contributed by atoms with E-state index in [1.807, 2.05) is 0 Å². The Morgan fingerprint density at radius 1 is 0.857 bits per heavy atom. The van der Waals surface area contributed by atoms with Crippen molar-refractivity contribution in [3.8, 4) is 0 Å². The van der Waals surface area contributed by atoms with Crippen LogP contribution in [0, 0.1) is 0 Å². The molecule has 3 heteroatoms. The van der Waals surface area contributed by atoms with Crippen molar-refractivity contribution in [2.75, 3.05) is 37.7 Å². The molecule has 0 aliphatic rings. The smallest absolute Gasteiger partial charge is 0.00581 e. The van der Waals surface area contributed by atoms with Crippen molar-refractivity contribution in [1.29, 1.82) is 0 Å². The van der Waals surface area contributed by atoms with E-state index in [4.69, 9.17) is 0 Å². The Hall–Kier alpha value is 0.270. The molecule has 2 N–H and O–H groups in total. The van der Waals surface area contributed by atoms with Gasteiger partial charge >= 0.3 is 0 Å². The molecule has 0 atom stereocenters. The van der Waals surface area contributed by atoms with Crippen molar-refractivity contribution < 1.29 is 0 Å². The lowest BCUT2D eigenvalue weighted by Crippen LogP contribution is -2.18. The van der Waals surface area contributed by atoms with Gasteiger partial charge < -0.3 is 10.6 Å². The highest BCUT2D eigenvalue weighted by Crippen LogP contribution is 1.99. The van der Waals surface area contributed by atoms with Crippen LogP contribution in [0.15, 0.2) is 0 Å². The Labute approximate surface area is 93.6 Å². The van der Waals surface area contributed by atoms with E-state index in [-0.39, 0.29) is 0 Å². The second kappa shape index (κ2) is 13.3. The highest BCUT2D eigenvalue weighted by molar-refractivity contribution is 7.99. The number of hydrogen-bond donors (Lipinski definition) is 2. The van der Waals surface area contributed by atoms with Crippen LogP contribution in [0.2, 0.25) is 0 Å². The fourth-order valence-corrected chi connectivity index (χ4v) is 1.99. The fourth-order valence-electron chi connectivity index (χ4n) is 1.15. The van der Waals surface area contributed by atoms with Crippen molar-refractivity contribution >= 4 is 11.8 Å². The van der Waals surface area contributed by atoms with Gasteiger partial charge in [-0.2, -0.15) is 11.8 Å². The van der Waals surface area contributed by atoms with Crippen molar-refractivity contribution in [1.82, 2.24) is 10.6 Å². The molecule has 0 radical (unpaired) electrons. The number of unbranched alkanes of at least 4 members (excludes halogenated alkanes) is 1. The molecule has 0 fully saturated rings. The predicted molar refractivity (Wildman–Crippen MR) is 68.3 cm³/mol. The van der Waals surface area contributed by atoms with Gasteiger partial charge in [-0.05, 0) is 38.2 Å². The van der Waals surface area contributed by atoms with Crippen LogP contribution >= 0.6 is 11.8 Å². The summed E-state index contributed by atoms with van der Waals surface area (Å²) < 4.78 is 0. The Morgan fingerprint density at radius 3 is 2.36 bits per heavy atom. The van der Waals surface area contributed by atoms with Crippen LogP contribution in [0.5, 0.6) is 0 Å². The lowest BCUT2D eigenvalue weighted by molar-refractivity contribution is 0.665. The van der Waals surface area contributed by atoms with Crippen LogP contribution < -0.4 is 10.6 Å². The zero-order valence-electron chi connectivity index (χ0n) is 9.77. The van der Waals surface area contributed by atoms with Gasteiger partial charge in [-0.1, -0.05) is 20.3 Å². The van der Waals surface area contributed by atoms with E-state index < -0.39 is 0 Å². The van der Waals surface area contributed by atoms with Crippen LogP contribution in [0.25, 0.3) is 0 Å². The molecule has 0 unspecified atom stereocenters. The van der Waals surface area contributed by atoms with Crippen molar-refractivity contribution in [3.05, 3.63) is 0 Å². The Bertz CT molecular complexity index is 87.3. The van der Waals surface area contributed by atoms with E-state index in [1.165, 1.54) is 50.4 Å². The number of rotatable bonds is 11. The van der Waals surface area contributed by atoms with Gasteiger partial charge in [0, 0.05) is 12.3 Å². The number of thioether (sulfide) groups is 1. The van der Waals surface area contributed by atoms with E-state index in [0.717, 1.165) is 6.54 Å². The molecule has 14 heavy (non-hydrogen) atoms. The van der Waals surface area contributed by atoms with Gasteiger partial charge in [0.05, 0.1) is 0 Å². The topological polar surface area (TPSA) is 24.1 Å². The van der Waals surface area contributed by atoms with Crippen LogP contribution in [-0.4, -0.2) is 37.7 Å². The molecule has 0 aromatic carbocycles. The summed E-state index contributed by atoms with van der Waals surface area (Å²) in [5, 5.41) is 6.79. The normalized spacial score (nSPS) is 10.7. The lowest BCUT2D eigenvalue weighted by atomic mass is 10.3. The van der Waals surface area contributed by atoms with E-state index in [2.05, 4.69) is 36.2 Å². The highest BCUT2D eigenvalue weighted by atomic mass is 32.2. The first-order chi connectivity index (χ1) is 6.91. The average Bonchev–Trinajstić information content (AvgIpc) is 2.21. The number of hydrogen-bond acceptors (Lipinski definition) is 3. The van der Waals surface area contributed by atoms with Crippen molar-refractivity contribution in [2.24, 2.45) is 0 Å². The summed E-state index contributed by atoms with van der Waals surface area (Å²) in [6, 6.07) is 0. The standard InChI is InChI=1S/C11H26N2S/c1-3-5-7-13-9-11-14-10-6-8-12-4-2/h12-13H,3-11H2,1-2H3. The van der Waals surface area contributed by atoms with Gasteiger partial charge in [-0.25, -0.2) is 0 Å². The van der Waals surface area contributed by atoms with Gasteiger partial charge in [0.2, 0.25) is 0 Å². The zero-order valence-corrected chi connectivity index (χ0v) is 10.6. The summed E-state index contributed by atoms with van der Waals surface area (Å²) in [4.78, 5) is 0. The van der Waals surface area contributed by atoms with Crippen LogP contribution in [0.4, 0.5) is 0 Å². The van der Waals surface area contributed by atoms with Crippen LogP contribution in [-0.2, 0) is 0 Å². The quantitative estimate of drug-likeness (QED) is 0.519. The molecule has 0 aliphatic heterocycles. The first-order valence-electron chi connectivity index (χ1n) is 5.91. The highest BCUT2D eigenvalue weighted by Gasteiger charge is 1.90. The van der Waals surface area contributed by atoms with E-state index in [0.29, 0.717) is 0 Å². The summed E-state index contributed by atoms with van der Waals surface area (Å²) in [6.45, 7) is 9.03. The molecule has 0 rings (SSSR count). The molecule has 0 aromatic rings. The number of nitrogens with one attached hydrogen (secondary N) is 2. The molecule has 0 aliphatic carbocycles. The zero-order chi connectivity index (χ0) is 10.5. The summed E-state index contributed by atoms with van der Waals surface area (Å²) >= 11 is 2.06. The van der Waals surface area contributed by atoms with Gasteiger partial charge in [0.1, 0.15) is 0 Å². The lowest BCUT2D eigenvalue weighted by Gasteiger charge is -2.04. The molecule has 0 amide bonds. The maximum atomic E-state index is 3.45. The SMILES string of the molecule is CCCCNCCSCCCNCC. The minimum Gasteiger partial charge on any atom is -0.317 e. The second-order valence-electron chi connectivity index (χ2n) is 3.42. The van der Waals surface area contributed by atoms with E-state index in [9.17, 15) is 0 Å². The molecule has 86 valence electrons. The molecule has 2 nitrogen and oxygen atoms in total. The van der Waals surface area contributed by atoms with Crippen LogP contribution in [0.1, 0.15) is 33.1 Å². The Morgan fingerprint density at radius 2 is 1.64 bits per heavy atom. The maximum Gasteiger partial charge on any atom is 0.00581 e. The molecule has 0 bridgehead atoms. The van der Waals surface area contributed by atoms with Gasteiger partial charge in [0.25, 0.3) is 0 Å². The third-order valence-electron chi connectivity index (χ3n) is 2.02. The summed E-state index contributed by atoms with van der Waals surface area (Å²) in [5.41, 5.74) is 0. The minimum atomic E-state index is 1.10. The third kappa shape index (κ3) is 12.3. The molecular weight excluding hydrogens is 192 g/mol. The Balaban J connectivity index is 2.78. The van der Waals surface area contributed by atoms with Gasteiger partial charge in [0.15, 0.2) is 0 Å². The van der Waals surface area contributed by atoms with Crippen LogP contribution in [0.3, 0.4) is 0 Å². The first-order valence-corrected chi connectivity index (χ1v) is 7.06. The summed E-state index contributed by atoms with van der Waals surface area (Å²) in [6.07, 6.45) is 3.90. The van der Waals surface area contributed by atoms with E-state index >= 15 is 0 Å². The molecule has 0 saturated carbocycles. The third-order valence-corrected chi connectivity index (χ3v) is 3.09. The predicted octanol–water partition coefficient (Wildman–Crippen LogP) is 2.11. The van der Waals surface area contributed by atoms with E-state index in [1.54, 1.807) is 0 Å². The molecule has 0 spiro atoms. The summed E-state index contributed by atoms with van der Waals surface area (Å²) in [7, 11) is 0. The fraction of sp³-hybridized carbons (Fsp3) is 1.00. The van der Waals surface area contributed by atoms with Gasteiger partial charge in [-0.15, -0.1) is 0 Å². The molecule has 0 heterocycles. The first kappa shape index (κ1) is 14.3. The summed E-state index contributed by atoms with van der Waals surface area (Å²) in [5.74, 6) is 2.55. The molecule has 0 saturated heterocycles. The largest absolute Gasteiger partial charge is 0.317 e. The maximum absolute atomic E-state index is 3.45. The Kier molecular flexibility index (Phi) is 13.5. The minimum absolute atomic E-state index is 1.10. The average molecular weight is 218 g/mol. The van der Waals surface area contributed by atoms with Crippen molar-refractivity contribution in [2.45, 2.75) is 33.1 Å². The molecule has 0 aromatic heterocycles. The van der Waals surface area contributed by atoms with Gasteiger partial charge in [-0.3, -0.25) is 0 Å². The van der Waals surface area contributed by atoms with Crippen molar-refractivity contribution in [3.63, 3.8) is 0 Å². The monoisotopic (exact) mass is 218 g/mol. The second-order valence-corrected chi connectivity index (χ2v) is 4.65.